The zero-order chi connectivity index (χ0) is 34.3. The molecular weight excluding hydrogens is 640 g/mol. The molecule has 1 aliphatic rings. The first kappa shape index (κ1) is 32.1. The number of H-pyrrole nitrogens is 2. The van der Waals surface area contributed by atoms with Gasteiger partial charge in [0.05, 0.1) is 18.3 Å². The fraction of sp³-hybridized carbons (Fsp3) is 0.278. The van der Waals surface area contributed by atoms with Crippen molar-refractivity contribution in [2.45, 2.75) is 63.3 Å². The van der Waals surface area contributed by atoms with Crippen LogP contribution in [-0.2, 0) is 29.1 Å². The Morgan fingerprint density at radius 1 is 1.06 bits per heavy atom. The van der Waals surface area contributed by atoms with E-state index in [0.29, 0.717) is 41.4 Å². The summed E-state index contributed by atoms with van der Waals surface area (Å²) in [6, 6.07) is 14.5. The van der Waals surface area contributed by atoms with Gasteiger partial charge in [0, 0.05) is 58.9 Å². The maximum atomic E-state index is 15.6. The normalized spacial score (nSPS) is 17.8. The summed E-state index contributed by atoms with van der Waals surface area (Å²) in [5.74, 6) is -5.34. The number of fused-ring (bicyclic) bond motifs is 10. The fourth-order valence-corrected chi connectivity index (χ4v) is 6.51. The van der Waals surface area contributed by atoms with E-state index in [1.165, 1.54) is 28.9 Å². The average Bonchev–Trinajstić information content (AvgIpc) is 3.86. The zero-order valence-electron chi connectivity index (χ0n) is 26.4. The van der Waals surface area contributed by atoms with E-state index in [2.05, 4.69) is 25.3 Å². The number of carboxylic acid groups (broad SMARTS) is 1. The van der Waals surface area contributed by atoms with Crippen molar-refractivity contribution in [2.24, 2.45) is 0 Å². The van der Waals surface area contributed by atoms with Crippen molar-refractivity contribution >= 4 is 16.9 Å². The number of aromatic amines is 2. The lowest BCUT2D eigenvalue weighted by Crippen LogP contribution is -2.25. The number of carbonyl (C=O) groups is 1. The first-order valence-corrected chi connectivity index (χ1v) is 15.9. The highest BCUT2D eigenvalue weighted by atomic mass is 19.3. The van der Waals surface area contributed by atoms with E-state index >= 15 is 17.6 Å². The Bertz CT molecular complexity index is 2170. The number of hydrogen-bond acceptors (Lipinski definition) is 5. The highest BCUT2D eigenvalue weighted by Crippen LogP contribution is 2.41. The number of alkyl halides is 2. The number of aliphatic carboxylic acids is 1. The van der Waals surface area contributed by atoms with E-state index in [1.54, 1.807) is 18.5 Å². The Labute approximate surface area is 278 Å². The van der Waals surface area contributed by atoms with Crippen molar-refractivity contribution in [3.63, 3.8) is 0 Å². The summed E-state index contributed by atoms with van der Waals surface area (Å²) < 4.78 is 69.4. The fourth-order valence-electron chi connectivity index (χ4n) is 6.51. The summed E-state index contributed by atoms with van der Waals surface area (Å²) in [7, 11) is 0. The summed E-state index contributed by atoms with van der Waals surface area (Å²) in [5.41, 5.74) is 1.86. The number of hydrogen-bond donors (Lipinski definition) is 3. The van der Waals surface area contributed by atoms with Crippen LogP contribution in [0.4, 0.5) is 17.6 Å². The average molecular weight is 673 g/mol. The SMILES string of the molecule is CC1(c2cccc(CCC(=O)O)c2)CCCCC(F)(F)c2cn(nn2)Cc2c(c(F)cc3[nH]ccc23)Oc2ccc(F)c(c2)-c2ncc1[nH]2. The molecule has 1 atom stereocenters. The van der Waals surface area contributed by atoms with Crippen molar-refractivity contribution in [2.75, 3.05) is 0 Å². The van der Waals surface area contributed by atoms with Gasteiger partial charge in [-0.15, -0.1) is 5.10 Å². The topological polar surface area (TPSA) is 122 Å². The molecule has 0 amide bonds. The van der Waals surface area contributed by atoms with Gasteiger partial charge in [0.25, 0.3) is 5.92 Å². The van der Waals surface area contributed by atoms with Gasteiger partial charge in [-0.2, -0.15) is 8.78 Å². The third-order valence-corrected chi connectivity index (χ3v) is 9.29. The molecule has 0 aliphatic carbocycles. The Hall–Kier alpha value is -5.46. The van der Waals surface area contributed by atoms with Crippen molar-refractivity contribution in [3.8, 4) is 22.9 Å². The van der Waals surface area contributed by atoms with Gasteiger partial charge < -0.3 is 19.8 Å². The number of aromatic nitrogens is 6. The Morgan fingerprint density at radius 3 is 2.73 bits per heavy atom. The molecule has 3 aromatic carbocycles. The monoisotopic (exact) mass is 672 g/mol. The van der Waals surface area contributed by atoms with Crippen LogP contribution in [0.5, 0.6) is 11.5 Å². The highest BCUT2D eigenvalue weighted by molar-refractivity contribution is 5.85. The number of ether oxygens (including phenoxy) is 1. The molecule has 1 aliphatic heterocycles. The first-order valence-electron chi connectivity index (χ1n) is 15.9. The van der Waals surface area contributed by atoms with Crippen molar-refractivity contribution in [3.05, 3.63) is 113 Å². The van der Waals surface area contributed by atoms with Crippen LogP contribution in [0.3, 0.4) is 0 Å². The number of halogens is 4. The van der Waals surface area contributed by atoms with E-state index in [9.17, 15) is 9.90 Å². The van der Waals surface area contributed by atoms with Gasteiger partial charge in [0.2, 0.25) is 0 Å². The summed E-state index contributed by atoms with van der Waals surface area (Å²) in [4.78, 5) is 22.0. The van der Waals surface area contributed by atoms with Crippen LogP contribution >= 0.6 is 0 Å². The quantitative estimate of drug-likeness (QED) is 0.162. The lowest BCUT2D eigenvalue weighted by molar-refractivity contribution is -0.136. The molecule has 0 saturated heterocycles. The second-order valence-corrected chi connectivity index (χ2v) is 12.6. The minimum Gasteiger partial charge on any atom is -0.481 e. The molecule has 49 heavy (non-hydrogen) atoms. The van der Waals surface area contributed by atoms with Gasteiger partial charge in [-0.1, -0.05) is 35.9 Å². The molecule has 0 spiro atoms. The molecule has 252 valence electrons. The van der Waals surface area contributed by atoms with Crippen LogP contribution < -0.4 is 4.74 Å². The molecule has 6 aromatic rings. The minimum atomic E-state index is -3.28. The van der Waals surface area contributed by atoms with E-state index < -0.39 is 41.1 Å². The molecule has 13 heteroatoms. The first-order chi connectivity index (χ1) is 23.5. The maximum Gasteiger partial charge on any atom is 0.303 e. The summed E-state index contributed by atoms with van der Waals surface area (Å²) in [6.45, 7) is 1.83. The number of carboxylic acids is 1. The van der Waals surface area contributed by atoms with E-state index in [4.69, 9.17) is 4.74 Å². The van der Waals surface area contributed by atoms with E-state index in [1.807, 2.05) is 31.2 Å². The number of rotatable bonds is 4. The third kappa shape index (κ3) is 6.28. The maximum absolute atomic E-state index is 15.6. The van der Waals surface area contributed by atoms with Crippen LogP contribution in [0, 0.1) is 11.6 Å². The standard InChI is InChI=1S/C36H32F4N6O3/c1-35(22-6-4-5-21(15-22)7-10-32(47)48)12-2-3-13-36(39,40)31-20-46(45-44-31)19-26-24-11-14-41-29(24)17-28(38)33(26)49-23-8-9-27(37)25(16-23)34-42-18-30(35)43-34/h4-6,8-9,11,14-18,20,41H,2-3,7,10,12-13,19H2,1H3,(H,42,43)(H,47,48). The molecule has 1 unspecified atom stereocenters. The van der Waals surface area contributed by atoms with Crippen molar-refractivity contribution < 1.29 is 32.2 Å². The lowest BCUT2D eigenvalue weighted by atomic mass is 9.75. The zero-order valence-corrected chi connectivity index (χ0v) is 26.4. The number of nitrogens with zero attached hydrogens (tertiary/aromatic N) is 4. The van der Waals surface area contributed by atoms with Gasteiger partial charge >= 0.3 is 5.97 Å². The molecule has 0 fully saturated rings. The van der Waals surface area contributed by atoms with Crippen molar-refractivity contribution in [1.29, 1.82) is 0 Å². The lowest BCUT2D eigenvalue weighted by Gasteiger charge is -2.30. The molecule has 4 heterocycles. The predicted octanol–water partition coefficient (Wildman–Crippen LogP) is 8.26. The molecule has 9 nitrogen and oxygen atoms in total. The Kier molecular flexibility index (Phi) is 8.21. The highest BCUT2D eigenvalue weighted by Gasteiger charge is 2.36. The van der Waals surface area contributed by atoms with Gasteiger partial charge in [-0.05, 0) is 61.6 Å². The largest absolute Gasteiger partial charge is 0.481 e. The molecule has 0 saturated carbocycles. The summed E-state index contributed by atoms with van der Waals surface area (Å²) >= 11 is 0. The van der Waals surface area contributed by atoms with Crippen LogP contribution in [0.2, 0.25) is 0 Å². The number of aryl methyl sites for hydroxylation is 1. The van der Waals surface area contributed by atoms with Crippen LogP contribution in [0.15, 0.2) is 73.2 Å². The smallest absolute Gasteiger partial charge is 0.303 e. The molecule has 7 rings (SSSR count). The van der Waals surface area contributed by atoms with Crippen LogP contribution in [0.1, 0.15) is 67.1 Å². The molecular formula is C36H32F4N6O3. The molecule has 3 N–H and O–H groups in total. The van der Waals surface area contributed by atoms with Gasteiger partial charge in [0.1, 0.15) is 17.4 Å². The third-order valence-electron chi connectivity index (χ3n) is 9.29. The Morgan fingerprint density at radius 2 is 1.90 bits per heavy atom. The molecule has 6 bridgehead atoms. The summed E-state index contributed by atoms with van der Waals surface area (Å²) in [6.07, 6.45) is 5.14. The van der Waals surface area contributed by atoms with Gasteiger partial charge in [-0.3, -0.25) is 4.79 Å². The second kappa shape index (κ2) is 12.5. The van der Waals surface area contributed by atoms with Gasteiger partial charge in [-0.25, -0.2) is 18.4 Å². The predicted molar refractivity (Wildman–Crippen MR) is 173 cm³/mol. The summed E-state index contributed by atoms with van der Waals surface area (Å²) in [5, 5.41) is 17.5. The number of imidazole rings is 1. The molecule has 3 aromatic heterocycles. The number of benzene rings is 3. The van der Waals surface area contributed by atoms with E-state index in [0.717, 1.165) is 17.3 Å². The van der Waals surface area contributed by atoms with Crippen LogP contribution in [0.25, 0.3) is 22.3 Å². The van der Waals surface area contributed by atoms with Gasteiger partial charge in [0.15, 0.2) is 17.3 Å². The Balaban J connectivity index is 1.34. The number of nitrogens with one attached hydrogen (secondary N) is 2. The second-order valence-electron chi connectivity index (χ2n) is 12.6. The molecule has 0 radical (unpaired) electrons. The van der Waals surface area contributed by atoms with Crippen LogP contribution in [-0.4, -0.2) is 41.0 Å². The van der Waals surface area contributed by atoms with Crippen molar-refractivity contribution in [1.82, 2.24) is 29.9 Å². The minimum absolute atomic E-state index is 0.0454. The van der Waals surface area contributed by atoms with E-state index in [-0.39, 0.29) is 42.3 Å².